The Hall–Kier alpha value is -3.26. The van der Waals surface area contributed by atoms with E-state index in [-0.39, 0.29) is 17.9 Å². The van der Waals surface area contributed by atoms with Crippen molar-refractivity contribution in [2.75, 3.05) is 25.1 Å². The number of rotatable bonds is 13. The Morgan fingerprint density at radius 2 is 1.97 bits per heavy atom. The number of carbonyl (C=O) groups is 1. The van der Waals surface area contributed by atoms with Crippen molar-refractivity contribution in [2.24, 2.45) is 5.92 Å². The highest BCUT2D eigenvalue weighted by Gasteiger charge is 2.30. The first-order valence-electron chi connectivity index (χ1n) is 13.2. The van der Waals surface area contributed by atoms with Crippen molar-refractivity contribution in [3.63, 3.8) is 0 Å². The molecule has 0 aliphatic heterocycles. The van der Waals surface area contributed by atoms with Crippen LogP contribution in [0.5, 0.6) is 0 Å². The molecule has 1 aliphatic carbocycles. The standard InChI is InChI=1S/C28H38N6O2/c1-2-36-19-9-16-30-27(35)26(23-12-7-4-8-13-23)32-25-20-24(15-14-22-10-5-3-6-11-22)31-28(33-25)34-18-17-29-21-34/h3,5-6,10-11,17-18,20-21,23,26H,2,4,7-9,12-16,19H2,1H3,(H,30,35)(H,31,32,33). The summed E-state index contributed by atoms with van der Waals surface area (Å²) in [5, 5.41) is 6.64. The average molecular weight is 491 g/mol. The SMILES string of the molecule is CCOCCCNC(=O)C(Nc1cc(CCc2ccccc2)nc(-n2ccnc2)n1)C1CCCCC1. The van der Waals surface area contributed by atoms with E-state index in [4.69, 9.17) is 14.7 Å². The van der Waals surface area contributed by atoms with E-state index < -0.39 is 0 Å². The Bertz CT molecular complexity index is 1050. The molecule has 1 fully saturated rings. The van der Waals surface area contributed by atoms with E-state index in [9.17, 15) is 4.79 Å². The normalized spacial score (nSPS) is 14.9. The van der Waals surface area contributed by atoms with Gasteiger partial charge in [-0.25, -0.2) is 9.97 Å². The van der Waals surface area contributed by atoms with Gasteiger partial charge >= 0.3 is 0 Å². The highest BCUT2D eigenvalue weighted by Crippen LogP contribution is 2.28. The minimum Gasteiger partial charge on any atom is -0.382 e. The summed E-state index contributed by atoms with van der Waals surface area (Å²) in [6, 6.07) is 12.1. The van der Waals surface area contributed by atoms with Crippen molar-refractivity contribution in [3.8, 4) is 5.95 Å². The molecule has 0 saturated heterocycles. The molecule has 0 radical (unpaired) electrons. The zero-order valence-corrected chi connectivity index (χ0v) is 21.2. The maximum absolute atomic E-state index is 13.3. The van der Waals surface area contributed by atoms with Crippen LogP contribution in [0.15, 0.2) is 55.1 Å². The molecular weight excluding hydrogens is 452 g/mol. The molecule has 192 valence electrons. The Balaban J connectivity index is 1.52. The summed E-state index contributed by atoms with van der Waals surface area (Å²) >= 11 is 0. The molecule has 1 aromatic carbocycles. The number of benzene rings is 1. The Labute approximate surface area is 213 Å². The summed E-state index contributed by atoms with van der Waals surface area (Å²) in [4.78, 5) is 27.0. The second-order valence-electron chi connectivity index (χ2n) is 9.36. The summed E-state index contributed by atoms with van der Waals surface area (Å²) < 4.78 is 7.22. The quantitative estimate of drug-likeness (QED) is 0.346. The first kappa shape index (κ1) is 25.8. The van der Waals surface area contributed by atoms with Gasteiger partial charge < -0.3 is 15.4 Å². The molecule has 4 rings (SSSR count). The first-order chi connectivity index (χ1) is 17.7. The second kappa shape index (κ2) is 13.7. The first-order valence-corrected chi connectivity index (χ1v) is 13.2. The molecule has 3 aromatic rings. The molecule has 1 amide bonds. The summed E-state index contributed by atoms with van der Waals surface area (Å²) in [7, 11) is 0. The molecule has 2 N–H and O–H groups in total. The summed E-state index contributed by atoms with van der Waals surface area (Å²) in [5.74, 6) is 1.55. The van der Waals surface area contributed by atoms with E-state index in [1.54, 1.807) is 17.1 Å². The van der Waals surface area contributed by atoms with Gasteiger partial charge in [-0.3, -0.25) is 9.36 Å². The van der Waals surface area contributed by atoms with Crippen LogP contribution < -0.4 is 10.6 Å². The molecule has 8 heteroatoms. The lowest BCUT2D eigenvalue weighted by atomic mass is 9.83. The van der Waals surface area contributed by atoms with Crippen molar-refractivity contribution >= 4 is 11.7 Å². The molecule has 0 spiro atoms. The highest BCUT2D eigenvalue weighted by molar-refractivity contribution is 5.84. The molecule has 1 unspecified atom stereocenters. The maximum atomic E-state index is 13.3. The molecule has 0 bridgehead atoms. The summed E-state index contributed by atoms with van der Waals surface area (Å²) in [6.07, 6.45) is 13.4. The number of imidazole rings is 1. The van der Waals surface area contributed by atoms with E-state index >= 15 is 0 Å². The largest absolute Gasteiger partial charge is 0.382 e. The minimum atomic E-state index is -0.329. The number of aromatic nitrogens is 4. The van der Waals surface area contributed by atoms with Gasteiger partial charge in [0.05, 0.1) is 0 Å². The monoisotopic (exact) mass is 490 g/mol. The van der Waals surface area contributed by atoms with Crippen molar-refractivity contribution in [3.05, 3.63) is 66.4 Å². The van der Waals surface area contributed by atoms with Crippen LogP contribution in [0.25, 0.3) is 5.95 Å². The van der Waals surface area contributed by atoms with Crippen LogP contribution >= 0.6 is 0 Å². The highest BCUT2D eigenvalue weighted by atomic mass is 16.5. The number of hydrogen-bond donors (Lipinski definition) is 2. The number of anilines is 1. The van der Waals surface area contributed by atoms with Crippen molar-refractivity contribution in [2.45, 2.75) is 64.3 Å². The third-order valence-corrected chi connectivity index (χ3v) is 6.69. The van der Waals surface area contributed by atoms with Crippen LogP contribution in [-0.4, -0.2) is 51.2 Å². The lowest BCUT2D eigenvalue weighted by Crippen LogP contribution is -2.45. The number of hydrogen-bond acceptors (Lipinski definition) is 6. The summed E-state index contributed by atoms with van der Waals surface area (Å²) in [6.45, 7) is 3.94. The predicted molar refractivity (Wildman–Crippen MR) is 141 cm³/mol. The lowest BCUT2D eigenvalue weighted by molar-refractivity contribution is -0.123. The lowest BCUT2D eigenvalue weighted by Gasteiger charge is -2.30. The van der Waals surface area contributed by atoms with Gasteiger partial charge in [-0.15, -0.1) is 0 Å². The topological polar surface area (TPSA) is 94.0 Å². The van der Waals surface area contributed by atoms with Crippen LogP contribution in [0.1, 0.15) is 56.7 Å². The van der Waals surface area contributed by atoms with Crippen LogP contribution in [0.4, 0.5) is 5.82 Å². The molecule has 1 atom stereocenters. The molecule has 1 saturated carbocycles. The van der Waals surface area contributed by atoms with Gasteiger partial charge in [0.15, 0.2) is 0 Å². The second-order valence-corrected chi connectivity index (χ2v) is 9.36. The van der Waals surface area contributed by atoms with Crippen LogP contribution in [0, 0.1) is 5.92 Å². The summed E-state index contributed by atoms with van der Waals surface area (Å²) in [5.41, 5.74) is 2.20. The van der Waals surface area contributed by atoms with Gasteiger partial charge in [0.25, 0.3) is 0 Å². The minimum absolute atomic E-state index is 0.0343. The fourth-order valence-corrected chi connectivity index (χ4v) is 4.76. The van der Waals surface area contributed by atoms with Crippen LogP contribution in [-0.2, 0) is 22.4 Å². The molecule has 2 heterocycles. The number of ether oxygens (including phenoxy) is 1. The van der Waals surface area contributed by atoms with Crippen LogP contribution in [0.2, 0.25) is 0 Å². The van der Waals surface area contributed by atoms with Gasteiger partial charge in [-0.2, -0.15) is 4.98 Å². The third kappa shape index (κ3) is 7.62. The van der Waals surface area contributed by atoms with E-state index in [1.807, 2.05) is 25.3 Å². The third-order valence-electron chi connectivity index (χ3n) is 6.69. The van der Waals surface area contributed by atoms with Gasteiger partial charge in [0.2, 0.25) is 11.9 Å². The number of aryl methyl sites for hydroxylation is 2. The number of nitrogens with one attached hydrogen (secondary N) is 2. The Morgan fingerprint density at radius 1 is 1.14 bits per heavy atom. The maximum Gasteiger partial charge on any atom is 0.242 e. The van der Waals surface area contributed by atoms with E-state index in [0.29, 0.717) is 31.5 Å². The van der Waals surface area contributed by atoms with Gasteiger partial charge in [-0.1, -0.05) is 49.6 Å². The fraction of sp³-hybridized carbons (Fsp3) is 0.500. The van der Waals surface area contributed by atoms with E-state index in [1.165, 1.54) is 12.0 Å². The van der Waals surface area contributed by atoms with E-state index in [0.717, 1.165) is 50.6 Å². The van der Waals surface area contributed by atoms with Gasteiger partial charge in [-0.05, 0) is 50.5 Å². The zero-order valence-electron chi connectivity index (χ0n) is 21.2. The number of amides is 1. The Kier molecular flexibility index (Phi) is 9.85. The van der Waals surface area contributed by atoms with Crippen LogP contribution in [0.3, 0.4) is 0 Å². The molecule has 8 nitrogen and oxygen atoms in total. The smallest absolute Gasteiger partial charge is 0.242 e. The van der Waals surface area contributed by atoms with Crippen molar-refractivity contribution < 1.29 is 9.53 Å². The zero-order chi connectivity index (χ0) is 25.0. The molecule has 1 aliphatic rings. The fourth-order valence-electron chi connectivity index (χ4n) is 4.76. The van der Waals surface area contributed by atoms with Gasteiger partial charge in [0, 0.05) is 43.9 Å². The number of carbonyl (C=O) groups excluding carboxylic acids is 1. The Morgan fingerprint density at radius 3 is 2.72 bits per heavy atom. The van der Waals surface area contributed by atoms with E-state index in [2.05, 4.69) is 39.9 Å². The predicted octanol–water partition coefficient (Wildman–Crippen LogP) is 4.35. The molecule has 36 heavy (non-hydrogen) atoms. The average Bonchev–Trinajstić information content (AvgIpc) is 3.47. The van der Waals surface area contributed by atoms with Crippen molar-refractivity contribution in [1.82, 2.24) is 24.8 Å². The number of nitrogens with zero attached hydrogens (tertiary/aromatic N) is 4. The molecular formula is C28H38N6O2. The molecule has 2 aromatic heterocycles. The van der Waals surface area contributed by atoms with Gasteiger partial charge in [0.1, 0.15) is 18.2 Å². The van der Waals surface area contributed by atoms with Crippen molar-refractivity contribution in [1.29, 1.82) is 0 Å².